The van der Waals surface area contributed by atoms with Crippen molar-refractivity contribution in [2.45, 2.75) is 33.2 Å². The van der Waals surface area contributed by atoms with Crippen molar-refractivity contribution < 1.29 is 14.3 Å². The van der Waals surface area contributed by atoms with Gasteiger partial charge < -0.3 is 25.0 Å². The first kappa shape index (κ1) is 21.6. The number of nitrogens with zero attached hydrogens (tertiary/aromatic N) is 5. The number of nitrogens with one attached hydrogen (secondary N) is 2. The molecule has 0 saturated heterocycles. The highest BCUT2D eigenvalue weighted by Crippen LogP contribution is 2.35. The van der Waals surface area contributed by atoms with Gasteiger partial charge in [0.25, 0.3) is 5.91 Å². The third-order valence-corrected chi connectivity index (χ3v) is 5.22. The van der Waals surface area contributed by atoms with E-state index < -0.39 is 6.23 Å². The monoisotopic (exact) mass is 437 g/mol. The molecule has 3 aromatic rings. The summed E-state index contributed by atoms with van der Waals surface area (Å²) in [6.07, 6.45) is 4.93. The van der Waals surface area contributed by atoms with E-state index in [0.29, 0.717) is 37.1 Å². The van der Waals surface area contributed by atoms with E-state index >= 15 is 0 Å². The Hall–Kier alpha value is -3.66. The largest absolute Gasteiger partial charge is 0.481 e. The quantitative estimate of drug-likeness (QED) is 0.553. The number of carbonyl (C=O) groups excluding carboxylic acids is 1. The molecule has 0 spiro atoms. The molecular weight excluding hydrogens is 410 g/mol. The summed E-state index contributed by atoms with van der Waals surface area (Å²) in [7, 11) is 3.44. The zero-order valence-corrected chi connectivity index (χ0v) is 18.6. The van der Waals surface area contributed by atoms with E-state index in [1.807, 2.05) is 61.1 Å². The minimum Gasteiger partial charge on any atom is -0.481 e. The minimum absolute atomic E-state index is 0.188. The summed E-state index contributed by atoms with van der Waals surface area (Å²) < 4.78 is 12.5. The number of likely N-dealkylation sites (N-methyl/N-ethyl adjacent to an activating group) is 1. The molecule has 0 aliphatic carbocycles. The van der Waals surface area contributed by atoms with E-state index in [1.54, 1.807) is 13.3 Å². The lowest BCUT2D eigenvalue weighted by Gasteiger charge is -2.35. The van der Waals surface area contributed by atoms with Crippen LogP contribution in [0.5, 0.6) is 5.88 Å². The molecule has 4 heterocycles. The fourth-order valence-corrected chi connectivity index (χ4v) is 3.60. The summed E-state index contributed by atoms with van der Waals surface area (Å²) in [5, 5.41) is 10.7. The first-order chi connectivity index (χ1) is 15.5. The fraction of sp³-hybridized carbons (Fsp3) is 0.364. The number of carbonyl (C=O) groups is 1. The number of hydrogen-bond donors (Lipinski definition) is 2. The van der Waals surface area contributed by atoms with Crippen LogP contribution in [0.4, 0.5) is 17.2 Å². The van der Waals surface area contributed by atoms with Crippen molar-refractivity contribution in [2.75, 3.05) is 36.3 Å². The van der Waals surface area contributed by atoms with Crippen LogP contribution in [0, 0.1) is 6.92 Å². The lowest BCUT2D eigenvalue weighted by Crippen LogP contribution is -2.48. The Morgan fingerprint density at radius 3 is 2.81 bits per heavy atom. The van der Waals surface area contributed by atoms with E-state index in [0.717, 1.165) is 22.5 Å². The predicted molar refractivity (Wildman–Crippen MR) is 121 cm³/mol. The van der Waals surface area contributed by atoms with Crippen molar-refractivity contribution in [1.29, 1.82) is 0 Å². The van der Waals surface area contributed by atoms with Gasteiger partial charge in [-0.25, -0.2) is 9.97 Å². The Bertz CT molecular complexity index is 1100. The summed E-state index contributed by atoms with van der Waals surface area (Å²) >= 11 is 0. The third kappa shape index (κ3) is 4.50. The lowest BCUT2D eigenvalue weighted by atomic mass is 10.1. The number of methoxy groups -OCH3 is 1. The summed E-state index contributed by atoms with van der Waals surface area (Å²) in [6.45, 7) is 5.38. The second-order valence-electron chi connectivity index (χ2n) is 7.50. The van der Waals surface area contributed by atoms with Crippen LogP contribution in [-0.2, 0) is 22.6 Å². The van der Waals surface area contributed by atoms with Gasteiger partial charge in [-0.05, 0) is 19.4 Å². The predicted octanol–water partition coefficient (Wildman–Crippen LogP) is 2.40. The summed E-state index contributed by atoms with van der Waals surface area (Å²) in [4.78, 5) is 23.0. The Morgan fingerprint density at radius 1 is 1.25 bits per heavy atom. The summed E-state index contributed by atoms with van der Waals surface area (Å²) in [6, 6.07) is 5.72. The first-order valence-electron chi connectivity index (χ1n) is 10.4. The molecule has 4 rings (SSSR count). The number of pyridine rings is 2. The van der Waals surface area contributed by atoms with Gasteiger partial charge in [0.05, 0.1) is 36.9 Å². The number of anilines is 3. The topological polar surface area (TPSA) is 106 Å². The number of aryl methyl sites for hydroxylation is 1. The van der Waals surface area contributed by atoms with Gasteiger partial charge in [0.2, 0.25) is 12.1 Å². The number of aromatic nitrogens is 4. The molecule has 1 atom stereocenters. The highest BCUT2D eigenvalue weighted by Gasteiger charge is 2.32. The molecule has 1 unspecified atom stereocenters. The highest BCUT2D eigenvalue weighted by molar-refractivity contribution is 6.03. The molecule has 32 heavy (non-hydrogen) atoms. The van der Waals surface area contributed by atoms with Gasteiger partial charge in [-0.2, -0.15) is 5.10 Å². The van der Waals surface area contributed by atoms with Crippen molar-refractivity contribution in [3.63, 3.8) is 0 Å². The third-order valence-electron chi connectivity index (χ3n) is 5.22. The summed E-state index contributed by atoms with van der Waals surface area (Å²) in [5.74, 6) is 1.11. The second-order valence-corrected chi connectivity index (χ2v) is 7.50. The van der Waals surface area contributed by atoms with Gasteiger partial charge in [0, 0.05) is 50.3 Å². The fourth-order valence-electron chi connectivity index (χ4n) is 3.60. The Balaban J connectivity index is 1.43. The number of rotatable bonds is 8. The number of ether oxygens (including phenoxy) is 2. The standard InChI is InChI=1S/C22H27N7O3/c1-5-32-22-21(30)27-20-14(2)26-18(8-17(20)28(22)3)23-10-16-11-25-29(13-16)12-15-6-7-19(31-4)24-9-15/h6-9,11,13,22H,5,10,12H2,1-4H3,(H,23,26)(H,27,30). The second kappa shape index (κ2) is 9.23. The van der Waals surface area contributed by atoms with Crippen molar-refractivity contribution >= 4 is 23.1 Å². The van der Waals surface area contributed by atoms with Crippen molar-refractivity contribution in [3.8, 4) is 5.88 Å². The van der Waals surface area contributed by atoms with Crippen LogP contribution in [0.2, 0.25) is 0 Å². The molecule has 0 saturated carbocycles. The molecule has 10 heteroatoms. The number of hydrogen-bond acceptors (Lipinski definition) is 8. The SMILES string of the molecule is CCOC1C(=O)Nc2c(cc(NCc3cnn(Cc4ccc(OC)nc4)c3)nc2C)N1C. The van der Waals surface area contributed by atoms with Gasteiger partial charge in [-0.3, -0.25) is 9.48 Å². The van der Waals surface area contributed by atoms with Gasteiger partial charge >= 0.3 is 0 Å². The average molecular weight is 438 g/mol. The Kier molecular flexibility index (Phi) is 6.22. The molecule has 10 nitrogen and oxygen atoms in total. The smallest absolute Gasteiger partial charge is 0.274 e. The van der Waals surface area contributed by atoms with Crippen LogP contribution >= 0.6 is 0 Å². The maximum absolute atomic E-state index is 12.3. The molecule has 0 radical (unpaired) electrons. The van der Waals surface area contributed by atoms with Crippen molar-refractivity contribution in [1.82, 2.24) is 19.7 Å². The normalized spacial score (nSPS) is 15.3. The molecule has 168 valence electrons. The van der Waals surface area contributed by atoms with E-state index in [9.17, 15) is 4.79 Å². The van der Waals surface area contributed by atoms with Crippen LogP contribution < -0.4 is 20.3 Å². The van der Waals surface area contributed by atoms with Crippen LogP contribution in [0.25, 0.3) is 0 Å². The van der Waals surface area contributed by atoms with Crippen molar-refractivity contribution in [3.05, 3.63) is 53.6 Å². The minimum atomic E-state index is -0.659. The molecular formula is C22H27N7O3. The van der Waals surface area contributed by atoms with E-state index in [1.165, 1.54) is 0 Å². The zero-order chi connectivity index (χ0) is 22.7. The molecule has 0 fully saturated rings. The van der Waals surface area contributed by atoms with E-state index in [2.05, 4.69) is 25.7 Å². The van der Waals surface area contributed by atoms with Gasteiger partial charge in [-0.15, -0.1) is 0 Å². The molecule has 1 aliphatic heterocycles. The first-order valence-corrected chi connectivity index (χ1v) is 10.4. The zero-order valence-electron chi connectivity index (χ0n) is 18.6. The molecule has 0 aromatic carbocycles. The molecule has 3 aromatic heterocycles. The maximum atomic E-state index is 12.3. The van der Waals surface area contributed by atoms with E-state index in [-0.39, 0.29) is 5.91 Å². The molecule has 1 amide bonds. The van der Waals surface area contributed by atoms with E-state index in [4.69, 9.17) is 9.47 Å². The lowest BCUT2D eigenvalue weighted by molar-refractivity contribution is -0.127. The highest BCUT2D eigenvalue weighted by atomic mass is 16.5. The average Bonchev–Trinajstić information content (AvgIpc) is 3.24. The van der Waals surface area contributed by atoms with Gasteiger partial charge in [0.1, 0.15) is 5.82 Å². The molecule has 0 bridgehead atoms. The van der Waals surface area contributed by atoms with Crippen LogP contribution in [-0.4, -0.2) is 52.6 Å². The molecule has 1 aliphatic rings. The Morgan fingerprint density at radius 2 is 2.09 bits per heavy atom. The van der Waals surface area contributed by atoms with Crippen LogP contribution in [0.15, 0.2) is 36.8 Å². The van der Waals surface area contributed by atoms with Gasteiger partial charge in [0.15, 0.2) is 0 Å². The maximum Gasteiger partial charge on any atom is 0.274 e. The van der Waals surface area contributed by atoms with Crippen LogP contribution in [0.1, 0.15) is 23.7 Å². The Labute approximate surface area is 186 Å². The summed E-state index contributed by atoms with van der Waals surface area (Å²) in [5.41, 5.74) is 4.37. The van der Waals surface area contributed by atoms with Crippen LogP contribution in [0.3, 0.4) is 0 Å². The number of amides is 1. The molecule has 2 N–H and O–H groups in total. The number of fused-ring (bicyclic) bond motifs is 1. The van der Waals surface area contributed by atoms with Gasteiger partial charge in [-0.1, -0.05) is 6.07 Å². The van der Waals surface area contributed by atoms with Crippen molar-refractivity contribution in [2.24, 2.45) is 0 Å².